The Hall–Kier alpha value is -3.05. The van der Waals surface area contributed by atoms with Crippen LogP contribution in [0.5, 0.6) is 5.75 Å². The van der Waals surface area contributed by atoms with E-state index < -0.39 is 0 Å². The van der Waals surface area contributed by atoms with Crippen molar-refractivity contribution in [3.05, 3.63) is 82.5 Å². The number of amides is 1. The molecule has 0 aliphatic carbocycles. The van der Waals surface area contributed by atoms with Gasteiger partial charge in [0.05, 0.1) is 7.11 Å². The topological polar surface area (TPSA) is 63.2 Å². The van der Waals surface area contributed by atoms with Crippen LogP contribution in [0.25, 0.3) is 0 Å². The molecule has 2 aromatic carbocycles. The molecule has 0 atom stereocenters. The average Bonchev–Trinajstić information content (AvgIpc) is 2.69. The number of halogens is 1. The molecule has 0 aliphatic rings. The van der Waals surface area contributed by atoms with E-state index in [1.54, 1.807) is 37.6 Å². The molecule has 0 radical (unpaired) electrons. The second-order valence-corrected chi connectivity index (χ2v) is 6.48. The van der Waals surface area contributed by atoms with Crippen molar-refractivity contribution in [1.29, 1.82) is 0 Å². The summed E-state index contributed by atoms with van der Waals surface area (Å²) in [6.07, 6.45) is 1.61. The van der Waals surface area contributed by atoms with Gasteiger partial charge in [0.25, 0.3) is 5.91 Å². The van der Waals surface area contributed by atoms with Crippen LogP contribution in [0, 0.1) is 6.92 Å². The van der Waals surface area contributed by atoms with Crippen molar-refractivity contribution in [2.75, 3.05) is 17.7 Å². The number of pyridine rings is 1. The summed E-state index contributed by atoms with van der Waals surface area (Å²) in [7, 11) is 1.64. The second-order valence-electron chi connectivity index (χ2n) is 6.04. The van der Waals surface area contributed by atoms with Crippen LogP contribution in [0.15, 0.2) is 60.8 Å². The minimum Gasteiger partial charge on any atom is -0.497 e. The lowest BCUT2D eigenvalue weighted by Crippen LogP contribution is -2.13. The number of carbonyl (C=O) groups is 1. The summed E-state index contributed by atoms with van der Waals surface area (Å²) < 4.78 is 5.15. The van der Waals surface area contributed by atoms with Gasteiger partial charge in [0, 0.05) is 29.0 Å². The number of aromatic nitrogens is 1. The molecule has 0 unspecified atom stereocenters. The summed E-state index contributed by atoms with van der Waals surface area (Å²) in [6, 6.07) is 16.6. The smallest absolute Gasteiger partial charge is 0.255 e. The molecule has 1 aromatic heterocycles. The van der Waals surface area contributed by atoms with E-state index in [0.29, 0.717) is 28.6 Å². The maximum Gasteiger partial charge on any atom is 0.255 e. The van der Waals surface area contributed by atoms with E-state index >= 15 is 0 Å². The van der Waals surface area contributed by atoms with Crippen LogP contribution < -0.4 is 15.4 Å². The monoisotopic (exact) mass is 381 g/mol. The predicted octanol–water partition coefficient (Wildman–Crippen LogP) is 4.92. The van der Waals surface area contributed by atoms with Crippen LogP contribution in [0.1, 0.15) is 21.5 Å². The molecule has 0 aliphatic heterocycles. The standard InChI is InChI=1S/C21H20ClN3O2/c1-14-3-6-17(22)12-19(14)25-21(26)16-9-10-23-20(11-16)24-13-15-4-7-18(27-2)8-5-15/h3-12H,13H2,1-2H3,(H,23,24)(H,25,26). The highest BCUT2D eigenvalue weighted by molar-refractivity contribution is 6.31. The van der Waals surface area contributed by atoms with Gasteiger partial charge in [-0.15, -0.1) is 0 Å². The Morgan fingerprint density at radius 1 is 1.11 bits per heavy atom. The molecule has 3 rings (SSSR count). The molecule has 0 fully saturated rings. The van der Waals surface area contributed by atoms with E-state index in [1.807, 2.05) is 37.3 Å². The van der Waals surface area contributed by atoms with Crippen LogP contribution in [0.3, 0.4) is 0 Å². The molecule has 1 amide bonds. The molecule has 0 spiro atoms. The maximum absolute atomic E-state index is 12.6. The third kappa shape index (κ3) is 4.99. The summed E-state index contributed by atoms with van der Waals surface area (Å²) in [4.78, 5) is 16.8. The van der Waals surface area contributed by atoms with Crippen molar-refractivity contribution >= 4 is 29.0 Å². The van der Waals surface area contributed by atoms with Crippen LogP contribution in [-0.2, 0) is 6.54 Å². The van der Waals surface area contributed by atoms with Crippen molar-refractivity contribution in [1.82, 2.24) is 4.98 Å². The molecule has 2 N–H and O–H groups in total. The molecule has 27 heavy (non-hydrogen) atoms. The zero-order valence-electron chi connectivity index (χ0n) is 15.1. The molecule has 1 heterocycles. The van der Waals surface area contributed by atoms with Gasteiger partial charge in [-0.3, -0.25) is 4.79 Å². The Morgan fingerprint density at radius 3 is 2.63 bits per heavy atom. The summed E-state index contributed by atoms with van der Waals surface area (Å²) in [5.74, 6) is 1.23. The lowest BCUT2D eigenvalue weighted by molar-refractivity contribution is 0.102. The second kappa shape index (κ2) is 8.56. The number of methoxy groups -OCH3 is 1. The first kappa shape index (κ1) is 18.7. The number of anilines is 2. The minimum absolute atomic E-state index is 0.213. The number of nitrogens with one attached hydrogen (secondary N) is 2. The van der Waals surface area contributed by atoms with Crippen molar-refractivity contribution in [3.8, 4) is 5.75 Å². The Morgan fingerprint density at radius 2 is 1.89 bits per heavy atom. The zero-order chi connectivity index (χ0) is 19.2. The summed E-state index contributed by atoms with van der Waals surface area (Å²) in [5, 5.41) is 6.69. The maximum atomic E-state index is 12.6. The number of aryl methyl sites for hydroxylation is 1. The SMILES string of the molecule is COc1ccc(CNc2cc(C(=O)Nc3cc(Cl)ccc3C)ccn2)cc1. The van der Waals surface area contributed by atoms with Gasteiger partial charge < -0.3 is 15.4 Å². The Bertz CT molecular complexity index is 942. The fourth-order valence-corrected chi connectivity index (χ4v) is 2.70. The number of benzene rings is 2. The summed E-state index contributed by atoms with van der Waals surface area (Å²) >= 11 is 6.01. The number of rotatable bonds is 6. The van der Waals surface area contributed by atoms with Gasteiger partial charge in [-0.1, -0.05) is 29.8 Å². The van der Waals surface area contributed by atoms with Gasteiger partial charge in [-0.2, -0.15) is 0 Å². The van der Waals surface area contributed by atoms with Gasteiger partial charge in [0.2, 0.25) is 0 Å². The normalized spacial score (nSPS) is 10.3. The zero-order valence-corrected chi connectivity index (χ0v) is 15.9. The summed E-state index contributed by atoms with van der Waals surface area (Å²) in [5.41, 5.74) is 3.24. The number of hydrogen-bond donors (Lipinski definition) is 2. The molecular weight excluding hydrogens is 362 g/mol. The number of nitrogens with zero attached hydrogens (tertiary/aromatic N) is 1. The first-order valence-electron chi connectivity index (χ1n) is 8.45. The van der Waals surface area contributed by atoms with E-state index in [2.05, 4.69) is 15.6 Å². The highest BCUT2D eigenvalue weighted by Gasteiger charge is 2.09. The van der Waals surface area contributed by atoms with Gasteiger partial charge in [-0.05, 0) is 54.4 Å². The first-order chi connectivity index (χ1) is 13.0. The number of hydrogen-bond acceptors (Lipinski definition) is 4. The molecule has 3 aromatic rings. The molecule has 0 saturated carbocycles. The van der Waals surface area contributed by atoms with Crippen LogP contribution in [0.2, 0.25) is 5.02 Å². The third-order valence-corrected chi connectivity index (χ3v) is 4.34. The highest BCUT2D eigenvalue weighted by Crippen LogP contribution is 2.21. The Balaban J connectivity index is 1.67. The van der Waals surface area contributed by atoms with Crippen LogP contribution in [-0.4, -0.2) is 18.0 Å². The van der Waals surface area contributed by atoms with E-state index in [0.717, 1.165) is 16.9 Å². The number of carbonyl (C=O) groups excluding carboxylic acids is 1. The summed E-state index contributed by atoms with van der Waals surface area (Å²) in [6.45, 7) is 2.51. The van der Waals surface area contributed by atoms with Crippen molar-refractivity contribution < 1.29 is 9.53 Å². The predicted molar refractivity (Wildman–Crippen MR) is 109 cm³/mol. The van der Waals surface area contributed by atoms with E-state index in [-0.39, 0.29) is 5.91 Å². The van der Waals surface area contributed by atoms with Crippen LogP contribution >= 0.6 is 11.6 Å². The highest BCUT2D eigenvalue weighted by atomic mass is 35.5. The van der Waals surface area contributed by atoms with Crippen molar-refractivity contribution in [2.24, 2.45) is 0 Å². The quantitative estimate of drug-likeness (QED) is 0.636. The Labute approximate surface area is 163 Å². The molecule has 5 nitrogen and oxygen atoms in total. The van der Waals surface area contributed by atoms with Gasteiger partial charge in [0.1, 0.15) is 11.6 Å². The third-order valence-electron chi connectivity index (χ3n) is 4.10. The molecular formula is C21H20ClN3O2. The van der Waals surface area contributed by atoms with Gasteiger partial charge >= 0.3 is 0 Å². The lowest BCUT2D eigenvalue weighted by atomic mass is 10.2. The molecule has 6 heteroatoms. The largest absolute Gasteiger partial charge is 0.497 e. The van der Waals surface area contributed by atoms with Crippen molar-refractivity contribution in [2.45, 2.75) is 13.5 Å². The lowest BCUT2D eigenvalue weighted by Gasteiger charge is -2.10. The molecule has 0 bridgehead atoms. The van der Waals surface area contributed by atoms with Gasteiger partial charge in [-0.25, -0.2) is 4.98 Å². The van der Waals surface area contributed by atoms with Crippen molar-refractivity contribution in [3.63, 3.8) is 0 Å². The molecule has 0 saturated heterocycles. The van der Waals surface area contributed by atoms with E-state index in [4.69, 9.17) is 16.3 Å². The first-order valence-corrected chi connectivity index (χ1v) is 8.83. The molecule has 138 valence electrons. The fourth-order valence-electron chi connectivity index (χ4n) is 2.53. The minimum atomic E-state index is -0.213. The van der Waals surface area contributed by atoms with Gasteiger partial charge in [0.15, 0.2) is 0 Å². The Kier molecular flexibility index (Phi) is 5.94. The fraction of sp³-hybridized carbons (Fsp3) is 0.143. The average molecular weight is 382 g/mol. The number of ether oxygens (including phenoxy) is 1. The van der Waals surface area contributed by atoms with E-state index in [9.17, 15) is 4.79 Å². The van der Waals surface area contributed by atoms with Crippen LogP contribution in [0.4, 0.5) is 11.5 Å². The van der Waals surface area contributed by atoms with E-state index in [1.165, 1.54) is 0 Å².